The number of nitrogens with zero attached hydrogens (tertiary/aromatic N) is 3. The largest absolute Gasteiger partial charge is 0.323 e. The molecule has 0 bridgehead atoms. The summed E-state index contributed by atoms with van der Waals surface area (Å²) in [5.74, 6) is 1.20. The zero-order chi connectivity index (χ0) is 17.8. The Bertz CT molecular complexity index is 729. The van der Waals surface area contributed by atoms with E-state index >= 15 is 0 Å². The first-order valence-corrected chi connectivity index (χ1v) is 8.89. The lowest BCUT2D eigenvalue weighted by molar-refractivity contribution is -0.116. The molecule has 2 aromatic rings. The van der Waals surface area contributed by atoms with Gasteiger partial charge in [0.15, 0.2) is 0 Å². The van der Waals surface area contributed by atoms with Crippen molar-refractivity contribution in [2.75, 3.05) is 18.4 Å². The van der Waals surface area contributed by atoms with Crippen LogP contribution in [-0.4, -0.2) is 39.2 Å². The summed E-state index contributed by atoms with van der Waals surface area (Å²) >= 11 is 0. The van der Waals surface area contributed by atoms with Crippen LogP contribution in [0.15, 0.2) is 6.07 Å². The second-order valence-corrected chi connectivity index (χ2v) is 6.73. The van der Waals surface area contributed by atoms with Gasteiger partial charge in [0.2, 0.25) is 5.91 Å². The number of aromatic amines is 1. The van der Waals surface area contributed by atoms with E-state index in [1.165, 1.54) is 6.42 Å². The van der Waals surface area contributed by atoms with Crippen molar-refractivity contribution in [3.8, 4) is 0 Å². The fraction of sp³-hybridized carbons (Fsp3) is 0.556. The average molecular weight is 342 g/mol. The molecule has 3 rings (SSSR count). The summed E-state index contributed by atoms with van der Waals surface area (Å²) in [6.07, 6.45) is 3.33. The predicted molar refractivity (Wildman–Crippen MR) is 96.6 cm³/mol. The van der Waals surface area contributed by atoms with Gasteiger partial charge in [-0.05, 0) is 52.6 Å². The molecule has 0 aromatic carbocycles. The van der Waals surface area contributed by atoms with Crippen molar-refractivity contribution in [1.29, 1.82) is 0 Å². The third-order valence-electron chi connectivity index (χ3n) is 4.63. The molecule has 1 amide bonds. The fourth-order valence-corrected chi connectivity index (χ4v) is 3.27. The van der Waals surface area contributed by atoms with Crippen LogP contribution in [0.4, 0.5) is 5.69 Å². The van der Waals surface area contributed by atoms with Crippen LogP contribution in [0.1, 0.15) is 53.8 Å². The molecule has 0 saturated carbocycles. The highest BCUT2D eigenvalue weighted by Crippen LogP contribution is 2.22. The Hall–Kier alpha value is -2.28. The Morgan fingerprint density at radius 1 is 1.32 bits per heavy atom. The Morgan fingerprint density at radius 2 is 2.16 bits per heavy atom. The lowest BCUT2D eigenvalue weighted by Gasteiger charge is -2.22. The monoisotopic (exact) mass is 342 g/mol. The number of rotatable bonds is 5. The van der Waals surface area contributed by atoms with Crippen LogP contribution in [0.2, 0.25) is 0 Å². The predicted octanol–water partition coefficient (Wildman–Crippen LogP) is 2.16. The number of carbonyl (C=O) groups is 1. The number of anilines is 1. The molecular weight excluding hydrogens is 316 g/mol. The van der Waals surface area contributed by atoms with Gasteiger partial charge in [-0.2, -0.15) is 5.10 Å². The van der Waals surface area contributed by atoms with Gasteiger partial charge >= 0.3 is 0 Å². The molecule has 7 heteroatoms. The molecule has 0 radical (unpaired) electrons. The van der Waals surface area contributed by atoms with E-state index in [1.54, 1.807) is 0 Å². The summed E-state index contributed by atoms with van der Waals surface area (Å²) in [7, 11) is 0. The Balaban J connectivity index is 1.62. The minimum atomic E-state index is -0.0234. The van der Waals surface area contributed by atoms with E-state index < -0.39 is 0 Å². The van der Waals surface area contributed by atoms with Gasteiger partial charge in [-0.3, -0.25) is 9.89 Å². The van der Waals surface area contributed by atoms with Gasteiger partial charge in [-0.25, -0.2) is 9.97 Å². The highest BCUT2D eigenvalue weighted by atomic mass is 16.1. The second kappa shape index (κ2) is 7.74. The van der Waals surface area contributed by atoms with E-state index in [0.717, 1.165) is 53.8 Å². The number of hydrogen-bond donors (Lipinski definition) is 3. The first-order valence-electron chi connectivity index (χ1n) is 8.89. The van der Waals surface area contributed by atoms with Gasteiger partial charge in [0.25, 0.3) is 0 Å². The minimum absolute atomic E-state index is 0.0234. The molecule has 1 aliphatic rings. The first kappa shape index (κ1) is 17.5. The van der Waals surface area contributed by atoms with Crippen LogP contribution in [0.3, 0.4) is 0 Å². The smallest absolute Gasteiger partial charge is 0.224 e. The van der Waals surface area contributed by atoms with Crippen LogP contribution in [0.25, 0.3) is 0 Å². The summed E-state index contributed by atoms with van der Waals surface area (Å²) in [5.41, 5.74) is 4.48. The fourth-order valence-electron chi connectivity index (χ4n) is 3.27. The number of H-pyrrole nitrogens is 1. The average Bonchev–Trinajstić information content (AvgIpc) is 2.92. The molecule has 1 fully saturated rings. The third-order valence-corrected chi connectivity index (χ3v) is 4.63. The number of aromatic nitrogens is 4. The summed E-state index contributed by atoms with van der Waals surface area (Å²) in [6.45, 7) is 7.74. The first-order chi connectivity index (χ1) is 12.0. The molecule has 0 spiro atoms. The summed E-state index contributed by atoms with van der Waals surface area (Å²) in [6, 6.07) is 2.06. The van der Waals surface area contributed by atoms with Gasteiger partial charge < -0.3 is 10.6 Å². The molecule has 1 aliphatic heterocycles. The Kier molecular flexibility index (Phi) is 5.43. The molecule has 2 aromatic heterocycles. The van der Waals surface area contributed by atoms with Crippen molar-refractivity contribution < 1.29 is 4.79 Å². The van der Waals surface area contributed by atoms with Gasteiger partial charge in [0, 0.05) is 30.3 Å². The standard InChI is InChI=1S/C18H26N6O/c1-11-18(12(2)24-23-11)22-17(25)7-6-15-9-16(21-13(3)20-15)14-5-4-8-19-10-14/h9,14,19H,4-8,10H2,1-3H3,(H,22,25)(H,23,24)/t14-/m1/s1. The van der Waals surface area contributed by atoms with Crippen LogP contribution < -0.4 is 10.6 Å². The van der Waals surface area contributed by atoms with Gasteiger partial charge in [0.1, 0.15) is 5.82 Å². The van der Waals surface area contributed by atoms with E-state index in [-0.39, 0.29) is 5.91 Å². The van der Waals surface area contributed by atoms with Crippen LogP contribution >= 0.6 is 0 Å². The van der Waals surface area contributed by atoms with E-state index in [1.807, 2.05) is 20.8 Å². The lowest BCUT2D eigenvalue weighted by atomic mass is 9.95. The van der Waals surface area contributed by atoms with Crippen molar-refractivity contribution in [2.45, 2.75) is 52.4 Å². The summed E-state index contributed by atoms with van der Waals surface area (Å²) < 4.78 is 0. The molecule has 0 aliphatic carbocycles. The number of piperidine rings is 1. The third kappa shape index (κ3) is 4.42. The van der Waals surface area contributed by atoms with Crippen LogP contribution in [0.5, 0.6) is 0 Å². The highest BCUT2D eigenvalue weighted by molar-refractivity contribution is 5.91. The minimum Gasteiger partial charge on any atom is -0.323 e. The number of aryl methyl sites for hydroxylation is 4. The maximum Gasteiger partial charge on any atom is 0.224 e. The summed E-state index contributed by atoms with van der Waals surface area (Å²) in [5, 5.41) is 13.3. The normalized spacial score (nSPS) is 17.5. The zero-order valence-corrected chi connectivity index (χ0v) is 15.1. The maximum atomic E-state index is 12.3. The lowest BCUT2D eigenvalue weighted by Crippen LogP contribution is -2.29. The molecule has 25 heavy (non-hydrogen) atoms. The van der Waals surface area contributed by atoms with Crippen molar-refractivity contribution in [3.05, 3.63) is 34.7 Å². The van der Waals surface area contributed by atoms with E-state index in [9.17, 15) is 4.79 Å². The molecule has 0 unspecified atom stereocenters. The van der Waals surface area contributed by atoms with E-state index in [2.05, 4.69) is 36.9 Å². The zero-order valence-electron chi connectivity index (χ0n) is 15.1. The van der Waals surface area contributed by atoms with Crippen LogP contribution in [0, 0.1) is 20.8 Å². The molecule has 1 saturated heterocycles. The Labute approximate surface area is 148 Å². The topological polar surface area (TPSA) is 95.6 Å². The van der Waals surface area contributed by atoms with Gasteiger partial charge in [-0.15, -0.1) is 0 Å². The number of amides is 1. The SMILES string of the molecule is Cc1nc(CCC(=O)Nc2c(C)n[nH]c2C)cc([C@@H]2CCCNC2)n1. The van der Waals surface area contributed by atoms with Crippen molar-refractivity contribution in [3.63, 3.8) is 0 Å². The second-order valence-electron chi connectivity index (χ2n) is 6.73. The molecule has 134 valence electrons. The molecule has 3 heterocycles. The Morgan fingerprint density at radius 3 is 2.84 bits per heavy atom. The quantitative estimate of drug-likeness (QED) is 0.774. The number of carbonyl (C=O) groups excluding carboxylic acids is 1. The van der Waals surface area contributed by atoms with Crippen molar-refractivity contribution in [2.24, 2.45) is 0 Å². The maximum absolute atomic E-state index is 12.3. The molecule has 1 atom stereocenters. The molecular formula is C18H26N6O. The molecule has 3 N–H and O–H groups in total. The summed E-state index contributed by atoms with van der Waals surface area (Å²) in [4.78, 5) is 21.4. The molecule has 7 nitrogen and oxygen atoms in total. The highest BCUT2D eigenvalue weighted by Gasteiger charge is 2.18. The van der Waals surface area contributed by atoms with Crippen molar-refractivity contribution >= 4 is 11.6 Å². The van der Waals surface area contributed by atoms with Gasteiger partial charge in [0.05, 0.1) is 17.1 Å². The van der Waals surface area contributed by atoms with Crippen molar-refractivity contribution in [1.82, 2.24) is 25.5 Å². The van der Waals surface area contributed by atoms with E-state index in [0.29, 0.717) is 18.8 Å². The van der Waals surface area contributed by atoms with Gasteiger partial charge in [-0.1, -0.05) is 0 Å². The number of hydrogen-bond acceptors (Lipinski definition) is 5. The van der Waals surface area contributed by atoms with Crippen LogP contribution in [-0.2, 0) is 11.2 Å². The van der Waals surface area contributed by atoms with E-state index in [4.69, 9.17) is 0 Å². The number of nitrogens with one attached hydrogen (secondary N) is 3.